The van der Waals surface area contributed by atoms with Crippen LogP contribution in [-0.2, 0) is 9.53 Å². The predicted octanol–water partition coefficient (Wildman–Crippen LogP) is 4.79. The van der Waals surface area contributed by atoms with Crippen molar-refractivity contribution in [3.8, 4) is 0 Å². The lowest BCUT2D eigenvalue weighted by molar-refractivity contribution is -0.129. The largest absolute Gasteiger partial charge is 0.449 e. The lowest BCUT2D eigenvalue weighted by Crippen LogP contribution is -2.37. The number of nitrogens with zero attached hydrogens (tertiary/aromatic N) is 1. The van der Waals surface area contributed by atoms with E-state index < -0.39 is 18.0 Å². The van der Waals surface area contributed by atoms with Crippen LogP contribution in [0.2, 0.25) is 0 Å². The molecule has 7 heteroatoms. The van der Waals surface area contributed by atoms with Gasteiger partial charge in [0.05, 0.1) is 11.6 Å². The molecule has 154 valence electrons. The fourth-order valence-corrected chi connectivity index (χ4v) is 3.56. The van der Waals surface area contributed by atoms with E-state index in [0.717, 1.165) is 10.5 Å². The lowest BCUT2D eigenvalue weighted by atomic mass is 10.1. The molecule has 30 heavy (non-hydrogen) atoms. The van der Waals surface area contributed by atoms with E-state index in [9.17, 15) is 14.0 Å². The van der Waals surface area contributed by atoms with Gasteiger partial charge in [-0.3, -0.25) is 4.79 Å². The summed E-state index contributed by atoms with van der Waals surface area (Å²) in [5.41, 5.74) is 1.04. The van der Waals surface area contributed by atoms with Crippen LogP contribution in [0.1, 0.15) is 35.8 Å². The molecule has 1 aromatic heterocycles. The summed E-state index contributed by atoms with van der Waals surface area (Å²) in [6, 6.07) is 18.3. The van der Waals surface area contributed by atoms with E-state index in [1.54, 1.807) is 37.4 Å². The molecule has 1 heterocycles. The third-order valence-electron chi connectivity index (χ3n) is 4.33. The molecule has 1 N–H and O–H groups in total. The summed E-state index contributed by atoms with van der Waals surface area (Å²) in [6.07, 6.45) is 0.595. The number of hydrogen-bond acceptors (Lipinski definition) is 5. The van der Waals surface area contributed by atoms with E-state index in [0.29, 0.717) is 5.03 Å². The van der Waals surface area contributed by atoms with Crippen molar-refractivity contribution in [1.82, 2.24) is 10.3 Å². The quantitative estimate of drug-likeness (QED) is 0.552. The van der Waals surface area contributed by atoms with Gasteiger partial charge in [0, 0.05) is 11.1 Å². The first-order valence-electron chi connectivity index (χ1n) is 9.39. The molecule has 0 radical (unpaired) electrons. The Hall–Kier alpha value is -3.19. The minimum absolute atomic E-state index is 0.289. The SMILES string of the molecule is C[C@H](OC(=O)c1cccnc1Sc1ccccc1)C(=O)N[C@H](C)c1ccc(F)cc1. The molecule has 0 aliphatic heterocycles. The number of pyridine rings is 1. The van der Waals surface area contributed by atoms with Crippen LogP contribution >= 0.6 is 11.8 Å². The summed E-state index contributed by atoms with van der Waals surface area (Å²) < 4.78 is 18.4. The minimum Gasteiger partial charge on any atom is -0.449 e. The van der Waals surface area contributed by atoms with Crippen molar-refractivity contribution in [3.05, 3.63) is 89.9 Å². The van der Waals surface area contributed by atoms with E-state index in [2.05, 4.69) is 10.3 Å². The third-order valence-corrected chi connectivity index (χ3v) is 5.36. The van der Waals surface area contributed by atoms with Crippen LogP contribution in [0.25, 0.3) is 0 Å². The first kappa shape index (κ1) is 21.5. The van der Waals surface area contributed by atoms with Crippen LogP contribution in [0.3, 0.4) is 0 Å². The predicted molar refractivity (Wildman–Crippen MR) is 113 cm³/mol. The highest BCUT2D eigenvalue weighted by molar-refractivity contribution is 7.99. The van der Waals surface area contributed by atoms with Gasteiger partial charge in [-0.25, -0.2) is 14.2 Å². The number of carbonyl (C=O) groups is 2. The summed E-state index contributed by atoms with van der Waals surface area (Å²) in [5, 5.41) is 3.27. The zero-order valence-corrected chi connectivity index (χ0v) is 17.4. The zero-order chi connectivity index (χ0) is 21.5. The van der Waals surface area contributed by atoms with Gasteiger partial charge in [-0.15, -0.1) is 0 Å². The molecule has 1 amide bonds. The Kier molecular flexibility index (Phi) is 7.19. The van der Waals surface area contributed by atoms with E-state index in [1.165, 1.54) is 30.8 Å². The van der Waals surface area contributed by atoms with Crippen molar-refractivity contribution in [1.29, 1.82) is 0 Å². The molecule has 0 saturated heterocycles. The third kappa shape index (κ3) is 5.67. The molecule has 3 rings (SSSR count). The molecule has 0 fully saturated rings. The number of rotatable bonds is 7. The number of carbonyl (C=O) groups excluding carboxylic acids is 2. The highest BCUT2D eigenvalue weighted by Crippen LogP contribution is 2.28. The number of nitrogens with one attached hydrogen (secondary N) is 1. The molecular weight excluding hydrogens is 403 g/mol. The Morgan fingerprint density at radius 3 is 2.40 bits per heavy atom. The monoisotopic (exact) mass is 424 g/mol. The second-order valence-electron chi connectivity index (χ2n) is 6.60. The van der Waals surface area contributed by atoms with Crippen LogP contribution < -0.4 is 5.32 Å². The maximum absolute atomic E-state index is 13.1. The first-order chi connectivity index (χ1) is 14.4. The number of ether oxygens (including phenoxy) is 1. The van der Waals surface area contributed by atoms with Gasteiger partial charge < -0.3 is 10.1 Å². The number of hydrogen-bond donors (Lipinski definition) is 1. The van der Waals surface area contributed by atoms with E-state index in [4.69, 9.17) is 4.74 Å². The summed E-state index contributed by atoms with van der Waals surface area (Å²) in [4.78, 5) is 30.3. The highest BCUT2D eigenvalue weighted by atomic mass is 32.2. The summed E-state index contributed by atoms with van der Waals surface area (Å²) in [6.45, 7) is 3.28. The Balaban J connectivity index is 1.64. The Morgan fingerprint density at radius 2 is 1.70 bits per heavy atom. The van der Waals surface area contributed by atoms with Crippen molar-refractivity contribution in [2.75, 3.05) is 0 Å². The van der Waals surface area contributed by atoms with Gasteiger partial charge in [0.1, 0.15) is 10.8 Å². The second kappa shape index (κ2) is 10.0. The highest BCUT2D eigenvalue weighted by Gasteiger charge is 2.23. The van der Waals surface area contributed by atoms with Gasteiger partial charge >= 0.3 is 5.97 Å². The molecule has 2 atom stereocenters. The fraction of sp³-hybridized carbons (Fsp3) is 0.174. The van der Waals surface area contributed by atoms with Gasteiger partial charge in [0.15, 0.2) is 6.10 Å². The molecule has 0 aliphatic rings. The topological polar surface area (TPSA) is 68.3 Å². The molecule has 0 bridgehead atoms. The van der Waals surface area contributed by atoms with Gasteiger partial charge in [-0.2, -0.15) is 0 Å². The maximum Gasteiger partial charge on any atom is 0.341 e. The van der Waals surface area contributed by atoms with Crippen LogP contribution in [-0.4, -0.2) is 23.0 Å². The fourth-order valence-electron chi connectivity index (χ4n) is 2.67. The number of esters is 1. The van der Waals surface area contributed by atoms with Crippen LogP contribution in [0, 0.1) is 5.82 Å². The van der Waals surface area contributed by atoms with Crippen molar-refractivity contribution in [3.63, 3.8) is 0 Å². The van der Waals surface area contributed by atoms with E-state index in [-0.39, 0.29) is 17.4 Å². The van der Waals surface area contributed by atoms with Crippen molar-refractivity contribution in [2.24, 2.45) is 0 Å². The molecule has 0 saturated carbocycles. The molecule has 0 spiro atoms. The standard InChI is InChI=1S/C23H21FN2O3S/c1-15(17-10-12-18(24)13-11-17)26-21(27)16(2)29-23(28)20-9-6-14-25-22(20)30-19-7-4-3-5-8-19/h3-16H,1-2H3,(H,26,27)/t15-,16+/m1/s1. The van der Waals surface area contributed by atoms with Crippen molar-refractivity contribution < 1.29 is 18.7 Å². The van der Waals surface area contributed by atoms with Crippen LogP contribution in [0.4, 0.5) is 4.39 Å². The number of aromatic nitrogens is 1. The van der Waals surface area contributed by atoms with Gasteiger partial charge in [-0.05, 0) is 55.8 Å². The number of benzene rings is 2. The molecular formula is C23H21FN2O3S. The number of amides is 1. The van der Waals surface area contributed by atoms with Gasteiger partial charge in [-0.1, -0.05) is 42.1 Å². The Bertz CT molecular complexity index is 1010. The first-order valence-corrected chi connectivity index (χ1v) is 10.2. The Labute approximate surface area is 178 Å². The zero-order valence-electron chi connectivity index (χ0n) is 16.5. The average Bonchev–Trinajstić information content (AvgIpc) is 2.75. The normalized spacial score (nSPS) is 12.6. The summed E-state index contributed by atoms with van der Waals surface area (Å²) in [5.74, 6) is -1.42. The maximum atomic E-state index is 13.1. The molecule has 0 unspecified atom stereocenters. The lowest BCUT2D eigenvalue weighted by Gasteiger charge is -2.18. The van der Waals surface area contributed by atoms with Crippen molar-refractivity contribution >= 4 is 23.6 Å². The summed E-state index contributed by atoms with van der Waals surface area (Å²) >= 11 is 1.34. The van der Waals surface area contributed by atoms with E-state index in [1.807, 2.05) is 30.3 Å². The van der Waals surface area contributed by atoms with E-state index >= 15 is 0 Å². The second-order valence-corrected chi connectivity index (χ2v) is 7.66. The molecule has 0 aliphatic carbocycles. The Morgan fingerprint density at radius 1 is 1.00 bits per heavy atom. The van der Waals surface area contributed by atoms with Crippen molar-refractivity contribution in [2.45, 2.75) is 35.9 Å². The smallest absolute Gasteiger partial charge is 0.341 e. The van der Waals surface area contributed by atoms with Gasteiger partial charge in [0.25, 0.3) is 5.91 Å². The van der Waals surface area contributed by atoms with Crippen LogP contribution in [0.15, 0.2) is 82.8 Å². The molecule has 3 aromatic rings. The summed E-state index contributed by atoms with van der Waals surface area (Å²) in [7, 11) is 0. The average molecular weight is 424 g/mol. The molecule has 2 aromatic carbocycles. The van der Waals surface area contributed by atoms with Gasteiger partial charge in [0.2, 0.25) is 0 Å². The number of halogens is 1. The van der Waals surface area contributed by atoms with Crippen LogP contribution in [0.5, 0.6) is 0 Å². The minimum atomic E-state index is -1.00. The molecule has 5 nitrogen and oxygen atoms in total.